The Labute approximate surface area is 188 Å². The second kappa shape index (κ2) is 8.55. The first kappa shape index (κ1) is 22.3. The van der Waals surface area contributed by atoms with Gasteiger partial charge < -0.3 is 15.0 Å². The van der Waals surface area contributed by atoms with E-state index in [0.29, 0.717) is 30.9 Å². The average molecular weight is 458 g/mol. The molecular formula is C23H27N3O5S. The summed E-state index contributed by atoms with van der Waals surface area (Å²) in [5, 5.41) is 2.67. The van der Waals surface area contributed by atoms with Crippen LogP contribution in [0, 0.1) is 0 Å². The summed E-state index contributed by atoms with van der Waals surface area (Å²) in [6.45, 7) is 2.84. The van der Waals surface area contributed by atoms with E-state index in [9.17, 15) is 18.0 Å². The molecular weight excluding hydrogens is 430 g/mol. The summed E-state index contributed by atoms with van der Waals surface area (Å²) in [5.41, 5.74) is 2.91. The van der Waals surface area contributed by atoms with E-state index in [1.165, 1.54) is 6.26 Å². The van der Waals surface area contributed by atoms with E-state index in [1.807, 2.05) is 25.1 Å². The van der Waals surface area contributed by atoms with Crippen molar-refractivity contribution < 1.29 is 22.7 Å². The van der Waals surface area contributed by atoms with Gasteiger partial charge in [-0.25, -0.2) is 13.2 Å². The minimum atomic E-state index is -3.29. The standard InChI is InChI=1S/C23H27N3O5S/c1-15-14-25(22(27)21-5-4-12-31-21)20-13-17(8-11-19(20)26(15)23(28)24-2)16-6-9-18(10-7-16)32(3,29)30/h6-11,13,15,21H,4-5,12,14H2,1-3H3,(H,24,28)/t15-,21?/m0/s1. The van der Waals surface area contributed by atoms with Crippen LogP contribution in [-0.4, -0.2) is 59.0 Å². The highest BCUT2D eigenvalue weighted by atomic mass is 32.2. The molecule has 1 saturated heterocycles. The third kappa shape index (κ3) is 4.10. The predicted molar refractivity (Wildman–Crippen MR) is 123 cm³/mol. The van der Waals surface area contributed by atoms with Crippen LogP contribution in [0.2, 0.25) is 0 Å². The number of nitrogens with one attached hydrogen (secondary N) is 1. The van der Waals surface area contributed by atoms with Crippen molar-refractivity contribution in [2.75, 3.05) is 36.3 Å². The molecule has 32 heavy (non-hydrogen) atoms. The zero-order valence-electron chi connectivity index (χ0n) is 18.4. The molecule has 2 atom stereocenters. The van der Waals surface area contributed by atoms with Crippen LogP contribution in [0.1, 0.15) is 19.8 Å². The Hall–Kier alpha value is -2.91. The molecule has 170 valence electrons. The number of anilines is 2. The van der Waals surface area contributed by atoms with Crippen molar-refractivity contribution in [2.24, 2.45) is 0 Å². The van der Waals surface area contributed by atoms with E-state index in [4.69, 9.17) is 4.74 Å². The maximum absolute atomic E-state index is 13.3. The number of fused-ring (bicyclic) bond motifs is 1. The number of nitrogens with zero attached hydrogens (tertiary/aromatic N) is 2. The predicted octanol–water partition coefficient (Wildman–Crippen LogP) is 2.82. The van der Waals surface area contributed by atoms with Crippen molar-refractivity contribution in [1.82, 2.24) is 5.32 Å². The van der Waals surface area contributed by atoms with Gasteiger partial charge in [0.25, 0.3) is 5.91 Å². The Morgan fingerprint density at radius 2 is 1.75 bits per heavy atom. The number of amides is 3. The van der Waals surface area contributed by atoms with Gasteiger partial charge in [0.2, 0.25) is 0 Å². The summed E-state index contributed by atoms with van der Waals surface area (Å²) >= 11 is 0. The Balaban J connectivity index is 1.78. The normalized spacial score (nSPS) is 20.7. The van der Waals surface area contributed by atoms with Gasteiger partial charge in [0, 0.05) is 26.5 Å². The number of sulfone groups is 1. The summed E-state index contributed by atoms with van der Waals surface area (Å²) in [4.78, 5) is 29.5. The summed E-state index contributed by atoms with van der Waals surface area (Å²) in [6.07, 6.45) is 2.23. The molecule has 0 bridgehead atoms. The number of carbonyl (C=O) groups is 2. The first-order valence-corrected chi connectivity index (χ1v) is 12.5. The van der Waals surface area contributed by atoms with Crippen LogP contribution in [-0.2, 0) is 19.4 Å². The number of urea groups is 1. The van der Waals surface area contributed by atoms with E-state index in [-0.39, 0.29) is 22.9 Å². The Morgan fingerprint density at radius 1 is 1.06 bits per heavy atom. The molecule has 8 nitrogen and oxygen atoms in total. The van der Waals surface area contributed by atoms with Crippen molar-refractivity contribution in [1.29, 1.82) is 0 Å². The summed E-state index contributed by atoms with van der Waals surface area (Å²) < 4.78 is 29.2. The van der Waals surface area contributed by atoms with Crippen molar-refractivity contribution in [3.05, 3.63) is 42.5 Å². The molecule has 0 radical (unpaired) electrons. The minimum absolute atomic E-state index is 0.100. The van der Waals surface area contributed by atoms with Crippen molar-refractivity contribution >= 4 is 33.2 Å². The fourth-order valence-corrected chi connectivity index (χ4v) is 4.91. The van der Waals surface area contributed by atoms with Gasteiger partial charge in [0.05, 0.1) is 22.3 Å². The number of hydrogen-bond acceptors (Lipinski definition) is 5. The monoisotopic (exact) mass is 457 g/mol. The van der Waals surface area contributed by atoms with Crippen LogP contribution < -0.4 is 15.1 Å². The minimum Gasteiger partial charge on any atom is -0.368 e. The summed E-state index contributed by atoms with van der Waals surface area (Å²) in [6, 6.07) is 11.7. The maximum atomic E-state index is 13.3. The topological polar surface area (TPSA) is 96.0 Å². The van der Waals surface area contributed by atoms with Gasteiger partial charge in [-0.1, -0.05) is 18.2 Å². The molecule has 0 aliphatic carbocycles. The maximum Gasteiger partial charge on any atom is 0.321 e. The number of benzene rings is 2. The van der Waals surface area contributed by atoms with Gasteiger partial charge in [-0.05, 0) is 55.2 Å². The quantitative estimate of drug-likeness (QED) is 0.765. The third-order valence-corrected chi connectivity index (χ3v) is 7.06. The average Bonchev–Trinajstić information content (AvgIpc) is 3.32. The fraction of sp³-hybridized carbons (Fsp3) is 0.391. The Bertz CT molecular complexity index is 1140. The second-order valence-corrected chi connectivity index (χ2v) is 10.2. The zero-order chi connectivity index (χ0) is 23.0. The molecule has 2 aliphatic rings. The molecule has 1 fully saturated rings. The smallest absolute Gasteiger partial charge is 0.321 e. The van der Waals surface area contributed by atoms with Crippen LogP contribution in [0.15, 0.2) is 47.4 Å². The molecule has 2 heterocycles. The molecule has 1 N–H and O–H groups in total. The van der Waals surface area contributed by atoms with Gasteiger partial charge >= 0.3 is 6.03 Å². The molecule has 9 heteroatoms. The number of carbonyl (C=O) groups excluding carboxylic acids is 2. The van der Waals surface area contributed by atoms with Crippen molar-refractivity contribution in [2.45, 2.75) is 36.8 Å². The summed E-state index contributed by atoms with van der Waals surface area (Å²) in [7, 11) is -1.71. The Morgan fingerprint density at radius 3 is 2.34 bits per heavy atom. The van der Waals surface area contributed by atoms with Crippen LogP contribution in [0.25, 0.3) is 11.1 Å². The molecule has 0 aromatic heterocycles. The first-order valence-electron chi connectivity index (χ1n) is 10.6. The highest BCUT2D eigenvalue weighted by Crippen LogP contribution is 2.39. The molecule has 4 rings (SSSR count). The lowest BCUT2D eigenvalue weighted by molar-refractivity contribution is -0.127. The van der Waals surface area contributed by atoms with Crippen LogP contribution in [0.5, 0.6) is 0 Å². The van der Waals surface area contributed by atoms with E-state index in [1.54, 1.807) is 41.1 Å². The first-order chi connectivity index (χ1) is 15.2. The highest BCUT2D eigenvalue weighted by Gasteiger charge is 2.38. The number of hydrogen-bond donors (Lipinski definition) is 1. The van der Waals surface area contributed by atoms with Crippen LogP contribution >= 0.6 is 0 Å². The molecule has 2 aromatic rings. The van der Waals surface area contributed by atoms with Gasteiger partial charge in [-0.2, -0.15) is 0 Å². The lowest BCUT2D eigenvalue weighted by Gasteiger charge is -2.41. The van der Waals surface area contributed by atoms with E-state index >= 15 is 0 Å². The second-order valence-electron chi connectivity index (χ2n) is 8.22. The lowest BCUT2D eigenvalue weighted by Crippen LogP contribution is -2.55. The van der Waals surface area contributed by atoms with Crippen molar-refractivity contribution in [3.63, 3.8) is 0 Å². The van der Waals surface area contributed by atoms with Crippen LogP contribution in [0.4, 0.5) is 16.2 Å². The molecule has 2 aromatic carbocycles. The number of rotatable bonds is 3. The summed E-state index contributed by atoms with van der Waals surface area (Å²) in [5.74, 6) is -0.100. The third-order valence-electron chi connectivity index (χ3n) is 5.93. The van der Waals surface area contributed by atoms with Crippen molar-refractivity contribution in [3.8, 4) is 11.1 Å². The zero-order valence-corrected chi connectivity index (χ0v) is 19.2. The molecule has 1 unspecified atom stereocenters. The van der Waals surface area contributed by atoms with Gasteiger partial charge in [0.1, 0.15) is 6.10 Å². The Kier molecular flexibility index (Phi) is 5.96. The lowest BCUT2D eigenvalue weighted by atomic mass is 10.00. The highest BCUT2D eigenvalue weighted by molar-refractivity contribution is 7.90. The van der Waals surface area contributed by atoms with E-state index < -0.39 is 15.9 Å². The molecule has 0 spiro atoms. The van der Waals surface area contributed by atoms with Gasteiger partial charge in [0.15, 0.2) is 9.84 Å². The van der Waals surface area contributed by atoms with Gasteiger partial charge in [-0.15, -0.1) is 0 Å². The van der Waals surface area contributed by atoms with E-state index in [2.05, 4.69) is 5.32 Å². The largest absolute Gasteiger partial charge is 0.368 e. The van der Waals surface area contributed by atoms with Gasteiger partial charge in [-0.3, -0.25) is 9.69 Å². The molecule has 0 saturated carbocycles. The van der Waals surface area contributed by atoms with Crippen LogP contribution in [0.3, 0.4) is 0 Å². The SMILES string of the molecule is CNC(=O)N1c2ccc(-c3ccc(S(C)(=O)=O)cc3)cc2N(C(=O)C2CCCO2)C[C@@H]1C. The fourth-order valence-electron chi connectivity index (χ4n) is 4.28. The number of ether oxygens (including phenoxy) is 1. The molecule has 2 aliphatic heterocycles. The van der Waals surface area contributed by atoms with E-state index in [0.717, 1.165) is 17.5 Å². The molecule has 3 amide bonds.